The number of carbonyl (C=O) groups is 3. The molecule has 1 saturated heterocycles. The van der Waals surface area contributed by atoms with Gasteiger partial charge in [0.15, 0.2) is 5.13 Å². The highest BCUT2D eigenvalue weighted by Crippen LogP contribution is 2.25. The first-order valence-electron chi connectivity index (χ1n) is 6.17. The first kappa shape index (κ1) is 14.5. The smallest absolute Gasteiger partial charge is 0.290 e. The molecule has 0 radical (unpaired) electrons. The summed E-state index contributed by atoms with van der Waals surface area (Å²) in [6, 6.07) is 6.71. The quantitative estimate of drug-likeness (QED) is 0.844. The van der Waals surface area contributed by atoms with E-state index in [0.717, 1.165) is 17.3 Å². The van der Waals surface area contributed by atoms with Crippen LogP contribution in [0, 0.1) is 0 Å². The van der Waals surface area contributed by atoms with Gasteiger partial charge in [0.05, 0.1) is 4.91 Å². The molecule has 0 unspecified atom stereocenters. The molecule has 2 aromatic rings. The van der Waals surface area contributed by atoms with Gasteiger partial charge in [-0.05, 0) is 35.5 Å². The van der Waals surface area contributed by atoms with Gasteiger partial charge >= 0.3 is 0 Å². The number of rotatable bonds is 3. The number of thioether (sulfide) groups is 1. The number of anilines is 1. The lowest BCUT2D eigenvalue weighted by Crippen LogP contribution is -2.17. The average molecular weight is 331 g/mol. The van der Waals surface area contributed by atoms with E-state index in [0.29, 0.717) is 15.6 Å². The zero-order valence-corrected chi connectivity index (χ0v) is 12.7. The summed E-state index contributed by atoms with van der Waals surface area (Å²) in [5, 5.41) is 6.80. The number of hydrogen-bond donors (Lipinski definition) is 2. The standard InChI is InChI=1S/C14H9N3O3S2/c18-11(16-13-15-5-6-21-13)9-3-1-8(2-4-9)7-10-12(19)17-14(20)22-10/h1-7H,(H,15,16,18)(H,17,19,20)/b10-7+. The van der Waals surface area contributed by atoms with Crippen LogP contribution in [0.3, 0.4) is 0 Å². The van der Waals surface area contributed by atoms with Crippen molar-refractivity contribution in [3.8, 4) is 0 Å². The Morgan fingerprint density at radius 2 is 2.00 bits per heavy atom. The van der Waals surface area contributed by atoms with Gasteiger partial charge in [-0.25, -0.2) is 4.98 Å². The van der Waals surface area contributed by atoms with Crippen LogP contribution in [0.15, 0.2) is 40.7 Å². The van der Waals surface area contributed by atoms with Crippen molar-refractivity contribution in [3.05, 3.63) is 51.9 Å². The van der Waals surface area contributed by atoms with Crippen molar-refractivity contribution in [2.24, 2.45) is 0 Å². The Hall–Kier alpha value is -2.45. The summed E-state index contributed by atoms with van der Waals surface area (Å²) in [5.41, 5.74) is 1.22. The zero-order valence-electron chi connectivity index (χ0n) is 11.0. The van der Waals surface area contributed by atoms with Crippen molar-refractivity contribution < 1.29 is 14.4 Å². The van der Waals surface area contributed by atoms with Gasteiger partial charge in [-0.2, -0.15) is 0 Å². The van der Waals surface area contributed by atoms with Crippen molar-refractivity contribution in [1.82, 2.24) is 10.3 Å². The third-order valence-electron chi connectivity index (χ3n) is 2.77. The number of nitrogens with one attached hydrogen (secondary N) is 2. The molecule has 0 bridgehead atoms. The number of carbonyl (C=O) groups excluding carboxylic acids is 3. The fraction of sp³-hybridized carbons (Fsp3) is 0. The van der Waals surface area contributed by atoms with Crippen molar-refractivity contribution in [3.63, 3.8) is 0 Å². The molecule has 1 aliphatic heterocycles. The maximum absolute atomic E-state index is 12.0. The lowest BCUT2D eigenvalue weighted by Gasteiger charge is -2.02. The molecule has 1 aliphatic rings. The number of thiazole rings is 1. The first-order chi connectivity index (χ1) is 10.6. The third kappa shape index (κ3) is 3.23. The number of nitrogens with zero attached hydrogens (tertiary/aromatic N) is 1. The Kier molecular flexibility index (Phi) is 4.03. The Balaban J connectivity index is 1.73. The highest BCUT2D eigenvalue weighted by molar-refractivity contribution is 8.18. The van der Waals surface area contributed by atoms with E-state index in [1.54, 1.807) is 41.9 Å². The van der Waals surface area contributed by atoms with Gasteiger partial charge in [0, 0.05) is 17.1 Å². The molecule has 2 N–H and O–H groups in total. The van der Waals surface area contributed by atoms with Crippen molar-refractivity contribution in [1.29, 1.82) is 0 Å². The SMILES string of the molecule is O=C1NC(=O)/C(=C\c2ccc(C(=O)Nc3nccs3)cc2)S1. The summed E-state index contributed by atoms with van der Waals surface area (Å²) in [6.45, 7) is 0. The second kappa shape index (κ2) is 6.12. The Morgan fingerprint density at radius 3 is 2.59 bits per heavy atom. The molecule has 110 valence electrons. The second-order valence-corrected chi connectivity index (χ2v) is 6.17. The van der Waals surface area contributed by atoms with Crippen LogP contribution in [0.4, 0.5) is 9.93 Å². The molecule has 0 aliphatic carbocycles. The van der Waals surface area contributed by atoms with Crippen LogP contribution < -0.4 is 10.6 Å². The molecule has 8 heteroatoms. The minimum absolute atomic E-state index is 0.252. The minimum atomic E-state index is -0.402. The lowest BCUT2D eigenvalue weighted by atomic mass is 10.1. The van der Waals surface area contributed by atoms with E-state index in [1.165, 1.54) is 11.3 Å². The van der Waals surface area contributed by atoms with Gasteiger partial charge in [-0.1, -0.05) is 12.1 Å². The topological polar surface area (TPSA) is 88.2 Å². The highest BCUT2D eigenvalue weighted by atomic mass is 32.2. The molecule has 1 aromatic heterocycles. The van der Waals surface area contributed by atoms with Gasteiger partial charge in [0.1, 0.15) is 0 Å². The predicted octanol–water partition coefficient (Wildman–Crippen LogP) is 2.72. The Labute approximate surface area is 133 Å². The summed E-state index contributed by atoms with van der Waals surface area (Å²) in [7, 11) is 0. The number of imide groups is 1. The van der Waals surface area contributed by atoms with Gasteiger partial charge in [0.25, 0.3) is 17.1 Å². The zero-order chi connectivity index (χ0) is 15.5. The molecule has 22 heavy (non-hydrogen) atoms. The summed E-state index contributed by atoms with van der Waals surface area (Å²) < 4.78 is 0. The highest BCUT2D eigenvalue weighted by Gasteiger charge is 2.24. The fourth-order valence-corrected chi connectivity index (χ4v) is 2.96. The number of aromatic nitrogens is 1. The molecule has 0 saturated carbocycles. The van der Waals surface area contributed by atoms with Crippen molar-refractivity contribution in [2.45, 2.75) is 0 Å². The van der Waals surface area contributed by atoms with Crippen LogP contribution in [0.1, 0.15) is 15.9 Å². The maximum Gasteiger partial charge on any atom is 0.290 e. The lowest BCUT2D eigenvalue weighted by molar-refractivity contribution is -0.115. The van der Waals surface area contributed by atoms with Crippen LogP contribution in [0.5, 0.6) is 0 Å². The molecule has 6 nitrogen and oxygen atoms in total. The van der Waals surface area contributed by atoms with Crippen LogP contribution in [0.2, 0.25) is 0 Å². The molecule has 3 amide bonds. The molecule has 0 atom stereocenters. The largest absolute Gasteiger partial charge is 0.298 e. The van der Waals surface area contributed by atoms with E-state index in [1.807, 2.05) is 0 Å². The minimum Gasteiger partial charge on any atom is -0.298 e. The molecular formula is C14H9N3O3S2. The van der Waals surface area contributed by atoms with Gasteiger partial charge in [0.2, 0.25) is 0 Å². The van der Waals surface area contributed by atoms with E-state index in [9.17, 15) is 14.4 Å². The normalized spacial score (nSPS) is 15.9. The Morgan fingerprint density at radius 1 is 1.23 bits per heavy atom. The van der Waals surface area contributed by atoms with Gasteiger partial charge in [-0.15, -0.1) is 11.3 Å². The monoisotopic (exact) mass is 331 g/mol. The third-order valence-corrected chi connectivity index (χ3v) is 4.26. The molecule has 2 heterocycles. The van der Waals surface area contributed by atoms with E-state index in [2.05, 4.69) is 15.6 Å². The van der Waals surface area contributed by atoms with E-state index >= 15 is 0 Å². The summed E-state index contributed by atoms with van der Waals surface area (Å²) in [6.07, 6.45) is 3.22. The number of amides is 3. The van der Waals surface area contributed by atoms with E-state index < -0.39 is 5.91 Å². The van der Waals surface area contributed by atoms with Crippen molar-refractivity contribution in [2.75, 3.05) is 5.32 Å². The molecular weight excluding hydrogens is 322 g/mol. The maximum atomic E-state index is 12.0. The van der Waals surface area contributed by atoms with Crippen LogP contribution in [-0.4, -0.2) is 22.0 Å². The van der Waals surface area contributed by atoms with Crippen molar-refractivity contribution >= 4 is 51.4 Å². The molecule has 1 aromatic carbocycles. The summed E-state index contributed by atoms with van der Waals surface area (Å²) in [4.78, 5) is 38.8. The molecule has 3 rings (SSSR count). The second-order valence-electron chi connectivity index (χ2n) is 4.27. The van der Waals surface area contributed by atoms with E-state index in [4.69, 9.17) is 0 Å². The van der Waals surface area contributed by atoms with Crippen LogP contribution in [0.25, 0.3) is 6.08 Å². The fourth-order valence-electron chi connectivity index (χ4n) is 1.76. The average Bonchev–Trinajstić information content (AvgIpc) is 3.10. The van der Waals surface area contributed by atoms with E-state index in [-0.39, 0.29) is 11.1 Å². The number of benzene rings is 1. The molecule has 0 spiro atoms. The summed E-state index contributed by atoms with van der Waals surface area (Å²) in [5.74, 6) is -0.655. The van der Waals surface area contributed by atoms with Crippen LogP contribution >= 0.6 is 23.1 Å². The van der Waals surface area contributed by atoms with Gasteiger partial charge in [-0.3, -0.25) is 25.0 Å². The Bertz CT molecular complexity index is 767. The molecule has 1 fully saturated rings. The number of hydrogen-bond acceptors (Lipinski definition) is 6. The first-order valence-corrected chi connectivity index (χ1v) is 7.87. The summed E-state index contributed by atoms with van der Waals surface area (Å²) >= 11 is 2.20. The predicted molar refractivity (Wildman–Crippen MR) is 85.6 cm³/mol. The van der Waals surface area contributed by atoms with Crippen LogP contribution in [-0.2, 0) is 4.79 Å². The van der Waals surface area contributed by atoms with Gasteiger partial charge < -0.3 is 0 Å².